The molecule has 2 aromatic heterocycles. The highest BCUT2D eigenvalue weighted by atomic mass is 16.1. The number of piperazine rings is 1. The van der Waals surface area contributed by atoms with Gasteiger partial charge in [0.05, 0.1) is 11.8 Å². The number of anilines is 3. The average molecular weight is 365 g/mol. The van der Waals surface area contributed by atoms with E-state index in [9.17, 15) is 4.79 Å². The maximum Gasteiger partial charge on any atom is 0.255 e. The zero-order valence-corrected chi connectivity index (χ0v) is 15.8. The van der Waals surface area contributed by atoms with Crippen LogP contribution in [0.5, 0.6) is 0 Å². The third kappa shape index (κ3) is 3.30. The standard InChI is InChI=1S/C19H23N7O/c1-23(2)19-15-10-14(4-5-16(15)20-12-21-19)25-6-8-26(9-7-25)17-11-18(27)24(3)13-22-17/h4-5,10-13H,6-9H2,1-3H3. The number of aryl methyl sites for hydroxylation is 1. The van der Waals surface area contributed by atoms with Crippen molar-refractivity contribution in [1.82, 2.24) is 19.5 Å². The van der Waals surface area contributed by atoms with E-state index in [1.807, 2.05) is 25.1 Å². The normalized spacial score (nSPS) is 14.6. The number of rotatable bonds is 3. The Morgan fingerprint density at radius 3 is 2.41 bits per heavy atom. The molecule has 0 amide bonds. The van der Waals surface area contributed by atoms with Crippen LogP contribution in [-0.4, -0.2) is 59.8 Å². The molecular weight excluding hydrogens is 342 g/mol. The van der Waals surface area contributed by atoms with Crippen LogP contribution in [0, 0.1) is 0 Å². The fourth-order valence-corrected chi connectivity index (χ4v) is 3.40. The first-order chi connectivity index (χ1) is 13.0. The number of fused-ring (bicyclic) bond motifs is 1. The van der Waals surface area contributed by atoms with E-state index in [0.717, 1.165) is 54.4 Å². The summed E-state index contributed by atoms with van der Waals surface area (Å²) >= 11 is 0. The molecule has 1 aliphatic rings. The first-order valence-corrected chi connectivity index (χ1v) is 8.97. The molecule has 8 heteroatoms. The highest BCUT2D eigenvalue weighted by Crippen LogP contribution is 2.27. The van der Waals surface area contributed by atoms with Crippen molar-refractivity contribution < 1.29 is 0 Å². The minimum atomic E-state index is -0.0341. The largest absolute Gasteiger partial charge is 0.368 e. The lowest BCUT2D eigenvalue weighted by atomic mass is 10.1. The van der Waals surface area contributed by atoms with Crippen LogP contribution in [0.2, 0.25) is 0 Å². The van der Waals surface area contributed by atoms with Crippen LogP contribution in [0.4, 0.5) is 17.3 Å². The SMILES string of the molecule is CN(C)c1ncnc2ccc(N3CCN(c4cc(=O)n(C)cn4)CC3)cc12. The molecule has 140 valence electrons. The maximum atomic E-state index is 11.8. The molecule has 0 N–H and O–H groups in total. The summed E-state index contributed by atoms with van der Waals surface area (Å²) in [5, 5.41) is 1.05. The van der Waals surface area contributed by atoms with Crippen molar-refractivity contribution in [1.29, 1.82) is 0 Å². The second-order valence-electron chi connectivity index (χ2n) is 6.96. The molecule has 3 heterocycles. The molecule has 1 fully saturated rings. The molecule has 0 unspecified atom stereocenters. The Kier molecular flexibility index (Phi) is 4.39. The van der Waals surface area contributed by atoms with Crippen molar-refractivity contribution in [2.75, 3.05) is 55.0 Å². The molecule has 0 bridgehead atoms. The fourth-order valence-electron chi connectivity index (χ4n) is 3.40. The van der Waals surface area contributed by atoms with E-state index in [1.54, 1.807) is 25.8 Å². The van der Waals surface area contributed by atoms with Crippen LogP contribution in [0.3, 0.4) is 0 Å². The van der Waals surface area contributed by atoms with E-state index >= 15 is 0 Å². The summed E-state index contributed by atoms with van der Waals surface area (Å²) in [6.45, 7) is 3.38. The molecule has 4 rings (SSSR count). The van der Waals surface area contributed by atoms with Crippen molar-refractivity contribution in [2.45, 2.75) is 0 Å². The quantitative estimate of drug-likeness (QED) is 0.689. The monoisotopic (exact) mass is 365 g/mol. The van der Waals surface area contributed by atoms with Crippen molar-refractivity contribution in [3.05, 3.63) is 47.3 Å². The zero-order valence-electron chi connectivity index (χ0n) is 15.8. The minimum Gasteiger partial charge on any atom is -0.368 e. The Balaban J connectivity index is 1.55. The summed E-state index contributed by atoms with van der Waals surface area (Å²) < 4.78 is 1.49. The number of hydrogen-bond donors (Lipinski definition) is 0. The minimum absolute atomic E-state index is 0.0341. The Hall–Kier alpha value is -3.16. The highest BCUT2D eigenvalue weighted by molar-refractivity contribution is 5.91. The first kappa shape index (κ1) is 17.3. The van der Waals surface area contributed by atoms with Gasteiger partial charge in [0.25, 0.3) is 5.56 Å². The van der Waals surface area contributed by atoms with E-state index in [0.29, 0.717) is 0 Å². The van der Waals surface area contributed by atoms with Crippen LogP contribution in [0.25, 0.3) is 10.9 Å². The third-order valence-corrected chi connectivity index (χ3v) is 4.95. The molecule has 1 saturated heterocycles. The van der Waals surface area contributed by atoms with Crippen LogP contribution < -0.4 is 20.3 Å². The molecule has 27 heavy (non-hydrogen) atoms. The van der Waals surface area contributed by atoms with Gasteiger partial charge in [0, 0.05) is 64.5 Å². The first-order valence-electron chi connectivity index (χ1n) is 8.97. The van der Waals surface area contributed by atoms with Gasteiger partial charge in [-0.3, -0.25) is 4.79 Å². The predicted molar refractivity (Wildman–Crippen MR) is 108 cm³/mol. The van der Waals surface area contributed by atoms with E-state index in [1.165, 1.54) is 4.57 Å². The second-order valence-corrected chi connectivity index (χ2v) is 6.96. The fraction of sp³-hybridized carbons (Fsp3) is 0.368. The number of aromatic nitrogens is 4. The van der Waals surface area contributed by atoms with Crippen LogP contribution in [0.1, 0.15) is 0 Å². The van der Waals surface area contributed by atoms with E-state index in [2.05, 4.69) is 36.9 Å². The number of benzene rings is 1. The average Bonchev–Trinajstić information content (AvgIpc) is 2.69. The topological polar surface area (TPSA) is 70.4 Å². The molecule has 1 aliphatic heterocycles. The lowest BCUT2D eigenvalue weighted by Crippen LogP contribution is -2.47. The lowest BCUT2D eigenvalue weighted by Gasteiger charge is -2.36. The van der Waals surface area contributed by atoms with Crippen LogP contribution in [-0.2, 0) is 7.05 Å². The van der Waals surface area contributed by atoms with Crippen molar-refractivity contribution in [3.8, 4) is 0 Å². The second kappa shape index (κ2) is 6.86. The van der Waals surface area contributed by atoms with Gasteiger partial charge in [0.15, 0.2) is 0 Å². The zero-order chi connectivity index (χ0) is 19.0. The summed E-state index contributed by atoms with van der Waals surface area (Å²) in [4.78, 5) is 31.5. The van der Waals surface area contributed by atoms with Gasteiger partial charge in [0.2, 0.25) is 0 Å². The third-order valence-electron chi connectivity index (χ3n) is 4.95. The molecule has 0 atom stereocenters. The van der Waals surface area contributed by atoms with Gasteiger partial charge in [-0.15, -0.1) is 0 Å². The Bertz CT molecular complexity index is 1020. The van der Waals surface area contributed by atoms with E-state index in [-0.39, 0.29) is 5.56 Å². The molecule has 0 aliphatic carbocycles. The summed E-state index contributed by atoms with van der Waals surface area (Å²) in [7, 11) is 5.69. The van der Waals surface area contributed by atoms with Crippen LogP contribution in [0.15, 0.2) is 41.7 Å². The number of nitrogens with zero attached hydrogens (tertiary/aromatic N) is 7. The van der Waals surface area contributed by atoms with E-state index < -0.39 is 0 Å². The highest BCUT2D eigenvalue weighted by Gasteiger charge is 2.19. The van der Waals surface area contributed by atoms with Gasteiger partial charge in [-0.25, -0.2) is 15.0 Å². The summed E-state index contributed by atoms with van der Waals surface area (Å²) in [5.41, 5.74) is 2.07. The van der Waals surface area contributed by atoms with Crippen molar-refractivity contribution in [3.63, 3.8) is 0 Å². The van der Waals surface area contributed by atoms with Crippen molar-refractivity contribution >= 4 is 28.2 Å². The van der Waals surface area contributed by atoms with Gasteiger partial charge >= 0.3 is 0 Å². The maximum absolute atomic E-state index is 11.8. The van der Waals surface area contributed by atoms with Gasteiger partial charge in [-0.2, -0.15) is 0 Å². The molecule has 0 radical (unpaired) electrons. The Morgan fingerprint density at radius 1 is 0.963 bits per heavy atom. The Labute approximate surface area is 157 Å². The summed E-state index contributed by atoms with van der Waals surface area (Å²) in [6.07, 6.45) is 3.18. The van der Waals surface area contributed by atoms with Crippen LogP contribution >= 0.6 is 0 Å². The van der Waals surface area contributed by atoms with Gasteiger partial charge in [0.1, 0.15) is 18.0 Å². The molecular formula is C19H23N7O. The molecule has 8 nitrogen and oxygen atoms in total. The summed E-state index contributed by atoms with van der Waals surface area (Å²) in [5.74, 6) is 1.67. The van der Waals surface area contributed by atoms with Crippen molar-refractivity contribution in [2.24, 2.45) is 7.05 Å². The number of hydrogen-bond acceptors (Lipinski definition) is 7. The Morgan fingerprint density at radius 2 is 1.70 bits per heavy atom. The van der Waals surface area contributed by atoms with Gasteiger partial charge in [-0.05, 0) is 18.2 Å². The summed E-state index contributed by atoms with van der Waals surface area (Å²) in [6, 6.07) is 7.93. The van der Waals surface area contributed by atoms with Gasteiger partial charge < -0.3 is 19.3 Å². The molecule has 0 saturated carbocycles. The lowest BCUT2D eigenvalue weighted by molar-refractivity contribution is 0.643. The molecule has 1 aromatic carbocycles. The molecule has 0 spiro atoms. The van der Waals surface area contributed by atoms with E-state index in [4.69, 9.17) is 0 Å². The predicted octanol–water partition coefficient (Wildman–Crippen LogP) is 1.12. The molecule has 3 aromatic rings. The smallest absolute Gasteiger partial charge is 0.255 e. The van der Waals surface area contributed by atoms with Gasteiger partial charge in [-0.1, -0.05) is 0 Å².